The summed E-state index contributed by atoms with van der Waals surface area (Å²) in [5, 5.41) is 2.28. The van der Waals surface area contributed by atoms with Crippen LogP contribution in [0.3, 0.4) is 0 Å². The molecule has 0 radical (unpaired) electrons. The Labute approximate surface area is 588 Å². The van der Waals surface area contributed by atoms with Gasteiger partial charge >= 0.3 is 0 Å². The smallest absolute Gasteiger partial charge is 0.171 e. The van der Waals surface area contributed by atoms with Gasteiger partial charge in [-0.1, -0.05) is 282 Å². The van der Waals surface area contributed by atoms with Crippen molar-refractivity contribution in [3.8, 4) is 34.5 Å². The Kier molecular flexibility index (Phi) is 20.8. The molecule has 0 aromatic heterocycles. The minimum absolute atomic E-state index is 0.148. The first-order chi connectivity index (χ1) is 46.0. The lowest BCUT2D eigenvalue weighted by Crippen LogP contribution is -2.28. The van der Waals surface area contributed by atoms with Crippen molar-refractivity contribution in [2.45, 2.75) is 202 Å². The molecular weight excluding hydrogens is 1220 g/mol. The first-order valence-electron chi connectivity index (χ1n) is 35.1. The van der Waals surface area contributed by atoms with E-state index in [0.717, 1.165) is 123 Å². The molecule has 0 spiro atoms. The van der Waals surface area contributed by atoms with Gasteiger partial charge in [-0.3, -0.25) is 0 Å². The van der Waals surface area contributed by atoms with E-state index in [2.05, 4.69) is 203 Å². The standard InChI is InChI=1S/C90H109O7P/c1-85(2,3)70-44-58-38-60-46-71(86(4,5)6)48-62(80(60)93-20)40-64-50-73(88(10,11)12)52-66(82(64)95-22)42-68-54-75(90(16,17)18)55-69(84(68)97-56-57-32-30-31-37-78(57)98(91,76-33-26-24-27-34-76)77-35-28-25-29-36-77)43-67-53-74(89(13,14)15)51-65(83(67)96-23)41-63-49-72(87(7,8)9)47-61(81(63)94-21)39-59(45-70)79(58)92-19/h24-37,44-55H,38-43,56H2,1-23H3. The fourth-order valence-electron chi connectivity index (χ4n) is 14.2. The molecule has 0 atom stereocenters. The fraction of sp³-hybridized carbons (Fsp3) is 0.400. The van der Waals surface area contributed by atoms with Crippen LogP contribution in [-0.4, -0.2) is 35.5 Å². The Morgan fingerprint density at radius 3 is 0.673 bits per heavy atom. The molecule has 516 valence electrons. The van der Waals surface area contributed by atoms with Crippen LogP contribution in [0.1, 0.15) is 230 Å². The molecule has 98 heavy (non-hydrogen) atoms. The molecule has 0 unspecified atom stereocenters. The molecule has 9 aromatic carbocycles. The van der Waals surface area contributed by atoms with Crippen molar-refractivity contribution in [3.63, 3.8) is 0 Å². The number of rotatable bonds is 11. The van der Waals surface area contributed by atoms with Gasteiger partial charge in [0.1, 0.15) is 41.1 Å². The normalized spacial score (nSPS) is 13.5. The molecule has 10 rings (SSSR count). The van der Waals surface area contributed by atoms with Crippen LogP contribution in [-0.2, 0) is 82.2 Å². The van der Waals surface area contributed by atoms with E-state index >= 15 is 4.57 Å². The predicted molar refractivity (Wildman–Crippen MR) is 411 cm³/mol. The van der Waals surface area contributed by atoms with Crippen molar-refractivity contribution in [1.82, 2.24) is 0 Å². The summed E-state index contributed by atoms with van der Waals surface area (Å²) >= 11 is 0. The number of benzene rings is 9. The SMILES string of the molecule is COc1c2cc(C(C)(C)C)cc1Cc1cc(C(C)(C)C)cc(c1OC)Cc1cc(C(C)(C)C)cc(c1OC)Cc1cc(C(C)(C)C)cc(c1OCc1ccccc1P(=O)(c1ccccc1)c1ccccc1)Cc1cc(C(C)(C)C)cc(c1OC)Cc1cc(C(C)(C)C)cc(c1OC)C2. The maximum Gasteiger partial charge on any atom is 0.171 e. The summed E-state index contributed by atoms with van der Waals surface area (Å²) in [5.41, 5.74) is 19.5. The minimum atomic E-state index is -3.44. The quantitative estimate of drug-likeness (QED) is 0.119. The van der Waals surface area contributed by atoms with Crippen LogP contribution >= 0.6 is 7.14 Å². The maximum absolute atomic E-state index is 16.4. The second-order valence-corrected chi connectivity index (χ2v) is 36.3. The Morgan fingerprint density at radius 2 is 0.469 bits per heavy atom. The molecule has 0 saturated heterocycles. The molecule has 9 aromatic rings. The highest BCUT2D eigenvalue weighted by atomic mass is 31.2. The van der Waals surface area contributed by atoms with Crippen molar-refractivity contribution in [3.05, 3.63) is 263 Å². The third-order valence-electron chi connectivity index (χ3n) is 19.9. The first-order valence-corrected chi connectivity index (χ1v) is 36.8. The summed E-state index contributed by atoms with van der Waals surface area (Å²) in [6, 6.07) is 56.4. The minimum Gasteiger partial charge on any atom is -0.496 e. The highest BCUT2D eigenvalue weighted by molar-refractivity contribution is 7.85. The molecule has 0 aliphatic heterocycles. The van der Waals surface area contributed by atoms with E-state index in [4.69, 9.17) is 28.4 Å². The molecular formula is C90H109O7P. The number of hydrogen-bond acceptors (Lipinski definition) is 7. The maximum atomic E-state index is 16.4. The van der Waals surface area contributed by atoms with Gasteiger partial charge in [-0.25, -0.2) is 0 Å². The van der Waals surface area contributed by atoms with Gasteiger partial charge < -0.3 is 33.0 Å². The topological polar surface area (TPSA) is 72.5 Å². The second kappa shape index (κ2) is 28.0. The molecule has 0 N–H and O–H groups in total. The molecule has 1 aliphatic carbocycles. The summed E-state index contributed by atoms with van der Waals surface area (Å²) in [5.74, 6) is 4.98. The molecule has 7 nitrogen and oxygen atoms in total. The van der Waals surface area contributed by atoms with Crippen LogP contribution in [0.4, 0.5) is 0 Å². The molecule has 8 heteroatoms. The van der Waals surface area contributed by atoms with Crippen molar-refractivity contribution in [2.24, 2.45) is 0 Å². The zero-order valence-corrected chi connectivity index (χ0v) is 64.2. The Balaban J connectivity index is 1.32. The van der Waals surface area contributed by atoms with Gasteiger partial charge in [0, 0.05) is 60.0 Å². The fourth-order valence-corrected chi connectivity index (χ4v) is 17.1. The zero-order chi connectivity index (χ0) is 71.2. The van der Waals surface area contributed by atoms with E-state index in [1.165, 1.54) is 33.4 Å². The Bertz CT molecular complexity index is 4200. The molecule has 0 heterocycles. The summed E-state index contributed by atoms with van der Waals surface area (Å²) in [6.45, 7) is 41.5. The summed E-state index contributed by atoms with van der Waals surface area (Å²) in [4.78, 5) is 0. The van der Waals surface area contributed by atoms with E-state index in [0.29, 0.717) is 38.5 Å². The average molecular weight is 1330 g/mol. The highest BCUT2D eigenvalue weighted by Gasteiger charge is 2.35. The second-order valence-electron chi connectivity index (χ2n) is 33.5. The molecule has 0 fully saturated rings. The Hall–Kier alpha value is -7.99. The van der Waals surface area contributed by atoms with Gasteiger partial charge in [0.05, 0.1) is 35.5 Å². The van der Waals surface area contributed by atoms with Crippen molar-refractivity contribution < 1.29 is 33.0 Å². The van der Waals surface area contributed by atoms with E-state index in [-0.39, 0.29) is 39.1 Å². The molecule has 0 amide bonds. The van der Waals surface area contributed by atoms with Crippen LogP contribution < -0.4 is 44.3 Å². The van der Waals surface area contributed by atoms with Crippen LogP contribution in [0.2, 0.25) is 0 Å². The van der Waals surface area contributed by atoms with Crippen LogP contribution in [0, 0.1) is 0 Å². The van der Waals surface area contributed by atoms with Crippen LogP contribution in [0.5, 0.6) is 34.5 Å². The van der Waals surface area contributed by atoms with Gasteiger partial charge in [0.15, 0.2) is 7.14 Å². The van der Waals surface area contributed by atoms with Crippen molar-refractivity contribution >= 4 is 23.1 Å². The largest absolute Gasteiger partial charge is 0.496 e. The summed E-state index contributed by atoms with van der Waals surface area (Å²) in [6.07, 6.45) is 3.18. The van der Waals surface area contributed by atoms with E-state index < -0.39 is 7.14 Å². The van der Waals surface area contributed by atoms with Crippen LogP contribution in [0.15, 0.2) is 158 Å². The van der Waals surface area contributed by atoms with Gasteiger partial charge in [-0.05, 0) is 133 Å². The van der Waals surface area contributed by atoms with Gasteiger partial charge in [0.25, 0.3) is 0 Å². The molecule has 0 saturated carbocycles. The van der Waals surface area contributed by atoms with E-state index in [1.54, 1.807) is 0 Å². The lowest BCUT2D eigenvalue weighted by molar-refractivity contribution is 0.301. The third kappa shape index (κ3) is 15.4. The van der Waals surface area contributed by atoms with E-state index in [9.17, 15) is 0 Å². The first kappa shape index (κ1) is 72.7. The van der Waals surface area contributed by atoms with Crippen molar-refractivity contribution in [1.29, 1.82) is 0 Å². The van der Waals surface area contributed by atoms with Crippen LogP contribution in [0.25, 0.3) is 0 Å². The number of fused-ring (bicyclic) bond motifs is 12. The lowest BCUT2D eigenvalue weighted by atomic mass is 9.79. The third-order valence-corrected chi connectivity index (χ3v) is 23.1. The van der Waals surface area contributed by atoms with Gasteiger partial charge in [-0.15, -0.1) is 0 Å². The summed E-state index contributed by atoms with van der Waals surface area (Å²) < 4.78 is 58.0. The van der Waals surface area contributed by atoms with Gasteiger partial charge in [0.2, 0.25) is 0 Å². The average Bonchev–Trinajstić information content (AvgIpc) is 0.767. The number of ether oxygens (including phenoxy) is 6. The lowest BCUT2D eigenvalue weighted by Gasteiger charge is -2.29. The monoisotopic (exact) mass is 1330 g/mol. The highest BCUT2D eigenvalue weighted by Crippen LogP contribution is 2.48. The number of methoxy groups -OCH3 is 5. The van der Waals surface area contributed by atoms with Gasteiger partial charge in [-0.2, -0.15) is 0 Å². The Morgan fingerprint density at radius 1 is 0.276 bits per heavy atom. The van der Waals surface area contributed by atoms with Crippen molar-refractivity contribution in [2.75, 3.05) is 35.5 Å². The summed E-state index contributed by atoms with van der Waals surface area (Å²) in [7, 11) is 5.65. The number of hydrogen-bond donors (Lipinski definition) is 0. The van der Waals surface area contributed by atoms with E-state index in [1.807, 2.05) is 114 Å². The zero-order valence-electron chi connectivity index (χ0n) is 63.3. The predicted octanol–water partition coefficient (Wildman–Crippen LogP) is 20.6. The molecule has 1 aliphatic rings. The molecule has 12 bridgehead atoms.